The van der Waals surface area contributed by atoms with E-state index in [1.807, 2.05) is 6.08 Å². The Balaban J connectivity index is 1.68. The third-order valence-corrected chi connectivity index (χ3v) is 4.96. The Morgan fingerprint density at radius 3 is 2.72 bits per heavy atom. The lowest BCUT2D eigenvalue weighted by Crippen LogP contribution is -2.27. The highest BCUT2D eigenvalue weighted by molar-refractivity contribution is 7.08. The molecular weight excluding hydrogens is 374 g/mol. The highest BCUT2D eigenvalue weighted by Crippen LogP contribution is 2.23. The zero-order valence-corrected chi connectivity index (χ0v) is 19.0. The van der Waals surface area contributed by atoms with Crippen LogP contribution in [-0.2, 0) is 4.74 Å². The Bertz CT molecular complexity index is 832. The third kappa shape index (κ3) is 9.76. The summed E-state index contributed by atoms with van der Waals surface area (Å²) in [6.07, 6.45) is 8.30. The van der Waals surface area contributed by atoms with E-state index < -0.39 is 0 Å². The summed E-state index contributed by atoms with van der Waals surface area (Å²) in [7, 11) is 0. The fourth-order valence-electron chi connectivity index (χ4n) is 2.68. The third-order valence-electron chi connectivity index (χ3n) is 4.28. The van der Waals surface area contributed by atoms with Gasteiger partial charge in [-0.2, -0.15) is 11.3 Å². The van der Waals surface area contributed by atoms with Gasteiger partial charge in [-0.05, 0) is 73.0 Å². The van der Waals surface area contributed by atoms with Gasteiger partial charge < -0.3 is 4.74 Å². The van der Waals surface area contributed by atoms with E-state index >= 15 is 0 Å². The SMILES string of the molecule is CCN(CC=CC#CC(C)(C)C)CCOCC=Cc1cccc(-c2ccsc2)c1. The average Bonchev–Trinajstić information content (AvgIpc) is 3.23. The Hall–Kier alpha value is -2.12. The first-order valence-corrected chi connectivity index (χ1v) is 11.2. The number of ether oxygens (including phenoxy) is 1. The molecule has 0 fully saturated rings. The van der Waals surface area contributed by atoms with Crippen molar-refractivity contribution in [3.05, 3.63) is 64.9 Å². The standard InChI is InChI=1S/C26H33NOS/c1-5-27(16-8-6-7-15-26(2,3)4)17-19-28-18-10-12-23-11-9-13-24(21-23)25-14-20-29-22-25/h6,8-14,20-22H,5,16-19H2,1-4H3. The van der Waals surface area contributed by atoms with Crippen molar-refractivity contribution in [1.29, 1.82) is 0 Å². The molecule has 1 heterocycles. The molecule has 0 aliphatic heterocycles. The van der Waals surface area contributed by atoms with Crippen LogP contribution in [0, 0.1) is 17.3 Å². The summed E-state index contributed by atoms with van der Waals surface area (Å²) < 4.78 is 5.78. The van der Waals surface area contributed by atoms with Crippen LogP contribution in [-0.4, -0.2) is 37.7 Å². The molecule has 0 bridgehead atoms. The molecule has 1 aromatic heterocycles. The summed E-state index contributed by atoms with van der Waals surface area (Å²) in [6, 6.07) is 10.7. The van der Waals surface area contributed by atoms with Gasteiger partial charge in [0.25, 0.3) is 0 Å². The van der Waals surface area contributed by atoms with Gasteiger partial charge >= 0.3 is 0 Å². The second-order valence-electron chi connectivity index (χ2n) is 7.93. The van der Waals surface area contributed by atoms with Crippen LogP contribution in [0.2, 0.25) is 0 Å². The van der Waals surface area contributed by atoms with Crippen LogP contribution in [0.5, 0.6) is 0 Å². The zero-order chi connectivity index (χ0) is 21.0. The van der Waals surface area contributed by atoms with E-state index in [4.69, 9.17) is 4.74 Å². The van der Waals surface area contributed by atoms with Gasteiger partial charge in [-0.1, -0.05) is 55.2 Å². The molecule has 0 N–H and O–H groups in total. The van der Waals surface area contributed by atoms with Gasteiger partial charge in [0.2, 0.25) is 0 Å². The molecule has 2 rings (SSSR count). The molecular formula is C26H33NOS. The summed E-state index contributed by atoms with van der Waals surface area (Å²) in [5, 5.41) is 4.29. The molecule has 0 aliphatic rings. The Labute approximate surface area is 180 Å². The van der Waals surface area contributed by atoms with Crippen LogP contribution in [0.15, 0.2) is 59.3 Å². The smallest absolute Gasteiger partial charge is 0.0651 e. The van der Waals surface area contributed by atoms with Crippen LogP contribution >= 0.6 is 11.3 Å². The number of benzene rings is 1. The molecule has 3 heteroatoms. The van der Waals surface area contributed by atoms with Crippen molar-refractivity contribution < 1.29 is 4.74 Å². The van der Waals surface area contributed by atoms with E-state index in [9.17, 15) is 0 Å². The summed E-state index contributed by atoms with van der Waals surface area (Å²) >= 11 is 1.73. The number of nitrogens with zero attached hydrogens (tertiary/aromatic N) is 1. The molecule has 0 amide bonds. The van der Waals surface area contributed by atoms with Crippen LogP contribution in [0.3, 0.4) is 0 Å². The second kappa shape index (κ2) is 12.4. The van der Waals surface area contributed by atoms with Gasteiger partial charge in [-0.15, -0.1) is 0 Å². The summed E-state index contributed by atoms with van der Waals surface area (Å²) in [5.41, 5.74) is 3.79. The monoisotopic (exact) mass is 407 g/mol. The van der Waals surface area contributed by atoms with Gasteiger partial charge in [0, 0.05) is 18.5 Å². The van der Waals surface area contributed by atoms with Gasteiger partial charge in [0.05, 0.1) is 13.2 Å². The van der Waals surface area contributed by atoms with Crippen molar-refractivity contribution in [2.24, 2.45) is 5.41 Å². The number of thiophene rings is 1. The predicted molar refractivity (Wildman–Crippen MR) is 128 cm³/mol. The minimum atomic E-state index is 0.0569. The van der Waals surface area contributed by atoms with Crippen LogP contribution in [0.4, 0.5) is 0 Å². The lowest BCUT2D eigenvalue weighted by molar-refractivity contribution is 0.131. The fraction of sp³-hybridized carbons (Fsp3) is 0.385. The molecule has 0 atom stereocenters. The van der Waals surface area contributed by atoms with Gasteiger partial charge in [0.1, 0.15) is 0 Å². The van der Waals surface area contributed by atoms with Crippen molar-refractivity contribution in [1.82, 2.24) is 4.90 Å². The highest BCUT2D eigenvalue weighted by atomic mass is 32.1. The molecule has 29 heavy (non-hydrogen) atoms. The number of likely N-dealkylation sites (N-methyl/N-ethyl adjacent to an activating group) is 1. The molecule has 1 aromatic carbocycles. The highest BCUT2D eigenvalue weighted by Gasteiger charge is 2.02. The van der Waals surface area contributed by atoms with Crippen LogP contribution in [0.25, 0.3) is 17.2 Å². The number of rotatable bonds is 10. The lowest BCUT2D eigenvalue weighted by Gasteiger charge is -2.17. The molecule has 0 unspecified atom stereocenters. The predicted octanol–water partition coefficient (Wildman–Crippen LogP) is 6.37. The van der Waals surface area contributed by atoms with E-state index in [1.165, 1.54) is 16.7 Å². The minimum Gasteiger partial charge on any atom is -0.376 e. The summed E-state index contributed by atoms with van der Waals surface area (Å²) in [6.45, 7) is 12.7. The summed E-state index contributed by atoms with van der Waals surface area (Å²) in [4.78, 5) is 2.35. The van der Waals surface area contributed by atoms with Gasteiger partial charge in [-0.25, -0.2) is 0 Å². The van der Waals surface area contributed by atoms with Crippen LogP contribution < -0.4 is 0 Å². The first-order valence-electron chi connectivity index (χ1n) is 10.2. The van der Waals surface area contributed by atoms with Gasteiger partial charge in [0.15, 0.2) is 0 Å². The van der Waals surface area contributed by atoms with Crippen LogP contribution in [0.1, 0.15) is 33.3 Å². The topological polar surface area (TPSA) is 12.5 Å². The normalized spacial score (nSPS) is 12.0. The van der Waals surface area contributed by atoms with Gasteiger partial charge in [-0.3, -0.25) is 4.90 Å². The average molecular weight is 408 g/mol. The van der Waals surface area contributed by atoms with E-state index in [1.54, 1.807) is 11.3 Å². The minimum absolute atomic E-state index is 0.0569. The number of hydrogen-bond donors (Lipinski definition) is 0. The maximum absolute atomic E-state index is 5.78. The van der Waals surface area contributed by atoms with Crippen molar-refractivity contribution in [2.45, 2.75) is 27.7 Å². The van der Waals surface area contributed by atoms with Crippen molar-refractivity contribution >= 4 is 17.4 Å². The number of allylic oxidation sites excluding steroid dienone is 1. The fourth-order valence-corrected chi connectivity index (χ4v) is 3.34. The van der Waals surface area contributed by atoms with Crippen molar-refractivity contribution in [2.75, 3.05) is 32.8 Å². The van der Waals surface area contributed by atoms with Crippen molar-refractivity contribution in [3.63, 3.8) is 0 Å². The first kappa shape index (κ1) is 23.2. The quantitative estimate of drug-likeness (QED) is 0.335. The molecule has 0 spiro atoms. The molecule has 0 radical (unpaired) electrons. The molecule has 0 aliphatic carbocycles. The first-order chi connectivity index (χ1) is 14.0. The van der Waals surface area contributed by atoms with Crippen molar-refractivity contribution in [3.8, 4) is 23.0 Å². The molecule has 2 aromatic rings. The molecule has 154 valence electrons. The van der Waals surface area contributed by atoms with E-state index in [0.29, 0.717) is 6.61 Å². The molecule has 0 saturated heterocycles. The maximum atomic E-state index is 5.78. The lowest BCUT2D eigenvalue weighted by atomic mass is 9.98. The Morgan fingerprint density at radius 2 is 2.00 bits per heavy atom. The molecule has 0 saturated carbocycles. The second-order valence-corrected chi connectivity index (χ2v) is 8.71. The van der Waals surface area contributed by atoms with E-state index in [-0.39, 0.29) is 5.41 Å². The zero-order valence-electron chi connectivity index (χ0n) is 18.2. The Morgan fingerprint density at radius 1 is 1.14 bits per heavy atom. The van der Waals surface area contributed by atoms with E-state index in [0.717, 1.165) is 26.2 Å². The number of hydrogen-bond acceptors (Lipinski definition) is 3. The summed E-state index contributed by atoms with van der Waals surface area (Å²) in [5.74, 6) is 6.34. The largest absolute Gasteiger partial charge is 0.376 e. The molecule has 2 nitrogen and oxygen atoms in total. The Kier molecular flexibility index (Phi) is 9.94. The van der Waals surface area contributed by atoms with E-state index in [2.05, 4.69) is 104 Å². The maximum Gasteiger partial charge on any atom is 0.0651 e.